The van der Waals surface area contributed by atoms with Gasteiger partial charge < -0.3 is 76.2 Å². The fraction of sp³-hybridized carbons (Fsp3) is 0.187. The summed E-state index contributed by atoms with van der Waals surface area (Å²) in [4.78, 5) is 10.8. The van der Waals surface area contributed by atoms with Crippen molar-refractivity contribution in [3.63, 3.8) is 0 Å². The fourth-order valence-electron chi connectivity index (χ4n) is 16.8. The smallest absolute Gasteiger partial charge is 0.333 e. The molecule has 0 bridgehead atoms. The number of rotatable bonds is 18. The van der Waals surface area contributed by atoms with Crippen molar-refractivity contribution in [2.24, 2.45) is 0 Å². The summed E-state index contributed by atoms with van der Waals surface area (Å²) in [6.07, 6.45) is -0.765. The molecule has 3 aliphatic rings. The van der Waals surface area contributed by atoms with E-state index in [4.69, 9.17) is 61.9 Å². The normalized spacial score (nSPS) is 13.6. The number of para-hydroxylation sites is 1. The van der Waals surface area contributed by atoms with E-state index >= 15 is 0 Å². The van der Waals surface area contributed by atoms with Gasteiger partial charge in [-0.3, -0.25) is 0 Å². The molecular formula is C107H98I2O17. The molecule has 0 fully saturated rings. The summed E-state index contributed by atoms with van der Waals surface area (Å²) in [7, 11) is 20.1. The average molecular weight is 1910 g/mol. The van der Waals surface area contributed by atoms with Crippen LogP contribution in [0.25, 0.3) is 75.8 Å². The molecule has 16 aromatic carbocycles. The van der Waals surface area contributed by atoms with Crippen LogP contribution in [0.3, 0.4) is 0 Å². The van der Waals surface area contributed by atoms with Crippen LogP contribution in [0.1, 0.15) is 82.2 Å². The van der Waals surface area contributed by atoms with E-state index in [1.54, 1.807) is 85.1 Å². The van der Waals surface area contributed by atoms with Gasteiger partial charge in [-0.2, -0.15) is 0 Å². The number of hydrogen-bond acceptors (Lipinski definition) is 17. The second-order valence-corrected chi connectivity index (χ2v) is 32.4. The van der Waals surface area contributed by atoms with Crippen molar-refractivity contribution in [2.75, 3.05) is 98.5 Å². The molecule has 1 N–H and O–H groups in total. The summed E-state index contributed by atoms with van der Waals surface area (Å²) in [6.45, 7) is 5.04. The molecule has 3 heterocycles. The van der Waals surface area contributed by atoms with E-state index < -0.39 is 12.1 Å². The standard InChI is InChI=1S/C36H28O4.C30H22I2O4.C30H24O4.C8H14O4.C2H6O.CH4/c1-37-26-14-9-23-12-17-31(39-3)34(29(23)20-26)36-28-16-11-25(22-7-5-4-6-8-22)19-33(28)40-32-18-13-24-10-15-27(38-2)21-30(24)35(32)36;1-33-19-8-4-16-6-10-25(35-3)27(21(16)14-19)29-23-12-18(31)13-24(32)30(23)36-26-11-7-17-5-9-20(34-2)15-22(17)28(26)29;1-31-20-12-8-18-10-14-26(33-3)28(23(18)16-20)30-22-6-4-5-7-25(22)34-27-15-11-19-9-13-21(32-2)17-24(19)29(27)30;1-6(2)8(10)12-5-7(9)4-11-3;1-3-2;/h4-21,36H,1-3H3;4-15,29H,1-3H3;4-17,30H,1-3H3;7,9H,1,4-5H2,2-3H3;1-2H3;1H4. The molecule has 0 saturated heterocycles. The molecule has 19 rings (SSSR count). The number of aliphatic hydroxyl groups is 1. The molecule has 3 aliphatic heterocycles. The molecule has 0 radical (unpaired) electrons. The van der Waals surface area contributed by atoms with Crippen LogP contribution in [0.2, 0.25) is 0 Å². The molecule has 0 aliphatic carbocycles. The zero-order valence-electron chi connectivity index (χ0n) is 71.6. The first kappa shape index (κ1) is 89.5. The van der Waals surface area contributed by atoms with Crippen LogP contribution in [-0.2, 0) is 19.0 Å². The second kappa shape index (κ2) is 40.0. The minimum atomic E-state index is -0.765. The van der Waals surface area contributed by atoms with Crippen molar-refractivity contribution in [2.45, 2.75) is 38.2 Å². The van der Waals surface area contributed by atoms with Crippen molar-refractivity contribution >= 4 is 116 Å². The first-order valence-electron chi connectivity index (χ1n) is 40.4. The van der Waals surface area contributed by atoms with E-state index in [9.17, 15) is 4.79 Å². The van der Waals surface area contributed by atoms with Crippen molar-refractivity contribution in [3.05, 3.63) is 336 Å². The highest BCUT2D eigenvalue weighted by Crippen LogP contribution is 2.59. The summed E-state index contributed by atoms with van der Waals surface area (Å²) < 4.78 is 87.3. The van der Waals surface area contributed by atoms with Crippen molar-refractivity contribution < 1.29 is 81.0 Å². The largest absolute Gasteiger partial charge is 0.497 e. The lowest BCUT2D eigenvalue weighted by Gasteiger charge is -2.32. The highest BCUT2D eigenvalue weighted by Gasteiger charge is 2.39. The molecule has 126 heavy (non-hydrogen) atoms. The number of benzene rings is 16. The van der Waals surface area contributed by atoms with E-state index in [1.807, 2.05) is 60.7 Å². The van der Waals surface area contributed by atoms with Gasteiger partial charge in [0.2, 0.25) is 0 Å². The summed E-state index contributed by atoms with van der Waals surface area (Å²) >= 11 is 4.76. The Labute approximate surface area is 761 Å². The van der Waals surface area contributed by atoms with E-state index in [0.717, 1.165) is 219 Å². The number of methoxy groups -OCH3 is 11. The topological polar surface area (TPSA) is 176 Å². The monoisotopic (exact) mass is 1910 g/mol. The maximum atomic E-state index is 10.8. The number of carbonyl (C=O) groups excluding carboxylic acids is 1. The Balaban J connectivity index is 0.000000142. The van der Waals surface area contributed by atoms with Crippen LogP contribution in [0.5, 0.6) is 86.2 Å². The van der Waals surface area contributed by atoms with Crippen LogP contribution in [0.15, 0.2) is 279 Å². The summed E-state index contributed by atoms with van der Waals surface area (Å²) in [6, 6.07) is 91.7. The molecule has 642 valence electrons. The van der Waals surface area contributed by atoms with Crippen LogP contribution in [-0.4, -0.2) is 116 Å². The fourth-order valence-corrected chi connectivity index (χ4v) is 18.8. The van der Waals surface area contributed by atoms with Gasteiger partial charge in [-0.1, -0.05) is 147 Å². The zero-order valence-corrected chi connectivity index (χ0v) is 75.9. The van der Waals surface area contributed by atoms with Gasteiger partial charge >= 0.3 is 5.97 Å². The van der Waals surface area contributed by atoms with Crippen LogP contribution >= 0.6 is 45.2 Å². The summed E-state index contributed by atoms with van der Waals surface area (Å²) in [5, 5.41) is 22.3. The highest BCUT2D eigenvalue weighted by molar-refractivity contribution is 14.1. The predicted molar refractivity (Wildman–Crippen MR) is 519 cm³/mol. The van der Waals surface area contributed by atoms with Gasteiger partial charge in [0.15, 0.2) is 0 Å². The average Bonchev–Trinajstić information content (AvgIpc) is 0.729. The predicted octanol–water partition coefficient (Wildman–Crippen LogP) is 25.8. The van der Waals surface area contributed by atoms with Crippen LogP contribution < -0.4 is 56.8 Å². The molecule has 0 aromatic heterocycles. The molecule has 0 saturated carbocycles. The van der Waals surface area contributed by atoms with Gasteiger partial charge in [0.25, 0.3) is 0 Å². The number of halogens is 2. The molecule has 16 aromatic rings. The molecule has 0 spiro atoms. The Morgan fingerprint density at radius 1 is 0.349 bits per heavy atom. The third kappa shape index (κ3) is 18.1. The van der Waals surface area contributed by atoms with Crippen LogP contribution in [0.4, 0.5) is 0 Å². The minimum Gasteiger partial charge on any atom is -0.497 e. The third-order valence-electron chi connectivity index (χ3n) is 22.5. The summed E-state index contributed by atoms with van der Waals surface area (Å²) in [5.41, 5.74) is 12.4. The maximum absolute atomic E-state index is 10.8. The van der Waals surface area contributed by atoms with Gasteiger partial charge in [-0.25, -0.2) is 4.79 Å². The van der Waals surface area contributed by atoms with Gasteiger partial charge in [0.1, 0.15) is 99.0 Å². The molecular weight excluding hydrogens is 1810 g/mol. The van der Waals surface area contributed by atoms with Crippen molar-refractivity contribution in [3.8, 4) is 97.4 Å². The third-order valence-corrected chi connectivity index (χ3v) is 24.0. The lowest BCUT2D eigenvalue weighted by molar-refractivity contribution is -0.142. The highest BCUT2D eigenvalue weighted by atomic mass is 127. The van der Waals surface area contributed by atoms with Gasteiger partial charge in [0.05, 0.1) is 74.2 Å². The Bertz CT molecular complexity index is 6710. The van der Waals surface area contributed by atoms with Crippen molar-refractivity contribution in [1.29, 1.82) is 0 Å². The van der Waals surface area contributed by atoms with Crippen molar-refractivity contribution in [1.82, 2.24) is 0 Å². The maximum Gasteiger partial charge on any atom is 0.333 e. The van der Waals surface area contributed by atoms with E-state index in [-0.39, 0.29) is 38.4 Å². The second-order valence-electron chi connectivity index (χ2n) is 30.0. The SMILES string of the molecule is C.C=C(C)C(=O)OCC(O)COC.COC.COc1ccc2ccc(OC)c(C3c4cc(I)cc(I)c4Oc4ccc5ccc(OC)cc5c43)c2c1.COc1ccc2ccc(OC)c(C3c4ccc(-c5ccccc5)cc4Oc4ccc5ccc(OC)cc5c43)c2c1.COc1ccc2ccc(OC)c(C3c4ccccc4Oc4ccc5ccc(OC)cc5c43)c2c1. The van der Waals surface area contributed by atoms with Gasteiger partial charge in [-0.05, 0) is 261 Å². The Kier molecular flexibility index (Phi) is 28.4. The number of aliphatic hydroxyl groups excluding tert-OH is 1. The Hall–Kier alpha value is -12.8. The van der Waals surface area contributed by atoms with E-state index in [1.165, 1.54) is 7.11 Å². The van der Waals surface area contributed by atoms with Gasteiger partial charge in [0, 0.05) is 98.3 Å². The summed E-state index contributed by atoms with van der Waals surface area (Å²) in [5.74, 6) is 11.5. The van der Waals surface area contributed by atoms with E-state index in [2.05, 4.69) is 272 Å². The number of esters is 1. The number of hydrogen-bond donors (Lipinski definition) is 1. The first-order chi connectivity index (χ1) is 60.9. The van der Waals surface area contributed by atoms with Crippen LogP contribution in [0, 0.1) is 7.14 Å². The lowest BCUT2D eigenvalue weighted by Crippen LogP contribution is -2.23. The van der Waals surface area contributed by atoms with Gasteiger partial charge in [-0.15, -0.1) is 0 Å². The number of carbonyl (C=O) groups is 1. The number of fused-ring (bicyclic) bond motifs is 15. The quantitative estimate of drug-likeness (QED) is 0.0487. The molecule has 4 atom stereocenters. The molecule has 4 unspecified atom stereocenters. The minimum absolute atomic E-state index is 0. The zero-order chi connectivity index (χ0) is 87.7. The number of ether oxygens (including phenoxy) is 15. The molecule has 17 nitrogen and oxygen atoms in total. The molecule has 0 amide bonds. The Morgan fingerprint density at radius 2 is 0.690 bits per heavy atom. The molecule has 19 heteroatoms. The van der Waals surface area contributed by atoms with E-state index in [0.29, 0.717) is 5.57 Å². The Morgan fingerprint density at radius 3 is 1.07 bits per heavy atom. The first-order valence-corrected chi connectivity index (χ1v) is 42.5. The lowest BCUT2D eigenvalue weighted by atomic mass is 9.78.